The SMILES string of the molecule is CC(c1c[nH]c2c([N+](=O)[O-])cccc12)C1CCCCC1. The molecule has 1 fully saturated rings. The summed E-state index contributed by atoms with van der Waals surface area (Å²) in [5.41, 5.74) is 2.07. The molecule has 0 aliphatic heterocycles. The molecule has 2 aromatic rings. The molecular formula is C16H20N2O2. The Hall–Kier alpha value is -1.84. The van der Waals surface area contributed by atoms with Gasteiger partial charge in [-0.2, -0.15) is 0 Å². The van der Waals surface area contributed by atoms with E-state index in [0.717, 1.165) is 5.39 Å². The van der Waals surface area contributed by atoms with E-state index in [1.54, 1.807) is 12.1 Å². The summed E-state index contributed by atoms with van der Waals surface area (Å²) in [6.45, 7) is 2.26. The molecule has 0 radical (unpaired) electrons. The number of hydrogen-bond donors (Lipinski definition) is 1. The fourth-order valence-electron chi connectivity index (χ4n) is 3.58. The molecule has 4 heteroatoms. The number of aromatic nitrogens is 1. The van der Waals surface area contributed by atoms with Crippen LogP contribution in [-0.2, 0) is 0 Å². The Balaban J connectivity index is 1.99. The van der Waals surface area contributed by atoms with Crippen molar-refractivity contribution in [3.63, 3.8) is 0 Å². The van der Waals surface area contributed by atoms with Crippen LogP contribution in [0.2, 0.25) is 0 Å². The van der Waals surface area contributed by atoms with Crippen molar-refractivity contribution in [2.45, 2.75) is 44.9 Å². The van der Waals surface area contributed by atoms with Gasteiger partial charge in [-0.1, -0.05) is 38.3 Å². The van der Waals surface area contributed by atoms with E-state index in [0.29, 0.717) is 17.4 Å². The maximum Gasteiger partial charge on any atom is 0.293 e. The number of nitrogens with zero attached hydrogens (tertiary/aromatic N) is 1. The van der Waals surface area contributed by atoms with Crippen LogP contribution in [0.3, 0.4) is 0 Å². The molecule has 1 saturated carbocycles. The predicted molar refractivity (Wildman–Crippen MR) is 79.9 cm³/mol. The molecular weight excluding hydrogens is 252 g/mol. The average molecular weight is 272 g/mol. The van der Waals surface area contributed by atoms with Crippen LogP contribution in [0.1, 0.15) is 50.5 Å². The number of nitro benzene ring substituents is 1. The highest BCUT2D eigenvalue weighted by Gasteiger charge is 2.25. The quantitative estimate of drug-likeness (QED) is 0.646. The molecule has 106 valence electrons. The highest BCUT2D eigenvalue weighted by atomic mass is 16.6. The Bertz CT molecular complexity index is 626. The summed E-state index contributed by atoms with van der Waals surface area (Å²) in [5, 5.41) is 12.1. The molecule has 3 rings (SSSR count). The summed E-state index contributed by atoms with van der Waals surface area (Å²) in [5.74, 6) is 1.17. The van der Waals surface area contributed by atoms with E-state index in [2.05, 4.69) is 11.9 Å². The minimum absolute atomic E-state index is 0.171. The fourth-order valence-corrected chi connectivity index (χ4v) is 3.58. The molecule has 1 aromatic carbocycles. The van der Waals surface area contributed by atoms with E-state index >= 15 is 0 Å². The number of hydrogen-bond acceptors (Lipinski definition) is 2. The predicted octanol–water partition coefficient (Wildman–Crippen LogP) is 4.76. The summed E-state index contributed by atoms with van der Waals surface area (Å²) >= 11 is 0. The van der Waals surface area contributed by atoms with Crippen molar-refractivity contribution < 1.29 is 4.92 Å². The van der Waals surface area contributed by atoms with Crippen molar-refractivity contribution in [2.75, 3.05) is 0 Å². The van der Waals surface area contributed by atoms with E-state index in [1.165, 1.54) is 37.7 Å². The van der Waals surface area contributed by atoms with Crippen LogP contribution in [0.4, 0.5) is 5.69 Å². The maximum atomic E-state index is 11.1. The molecule has 1 aliphatic rings. The molecule has 1 atom stereocenters. The number of nitrogens with one attached hydrogen (secondary N) is 1. The molecule has 1 heterocycles. The van der Waals surface area contributed by atoms with Gasteiger partial charge in [-0.05, 0) is 30.2 Å². The summed E-state index contributed by atoms with van der Waals surface area (Å²) in [7, 11) is 0. The number of nitro groups is 1. The number of H-pyrrole nitrogens is 1. The Labute approximate surface area is 118 Å². The van der Waals surface area contributed by atoms with Crippen LogP contribution in [-0.4, -0.2) is 9.91 Å². The summed E-state index contributed by atoms with van der Waals surface area (Å²) in [6.07, 6.45) is 8.51. The van der Waals surface area contributed by atoms with Crippen LogP contribution in [0, 0.1) is 16.0 Å². The van der Waals surface area contributed by atoms with Crippen molar-refractivity contribution in [3.8, 4) is 0 Å². The second-order valence-electron chi connectivity index (χ2n) is 5.89. The molecule has 20 heavy (non-hydrogen) atoms. The molecule has 0 spiro atoms. The third-order valence-corrected chi connectivity index (χ3v) is 4.77. The van der Waals surface area contributed by atoms with Crippen molar-refractivity contribution in [3.05, 3.63) is 40.1 Å². The van der Waals surface area contributed by atoms with Gasteiger partial charge in [-0.25, -0.2) is 0 Å². The number of fused-ring (bicyclic) bond motifs is 1. The van der Waals surface area contributed by atoms with Gasteiger partial charge in [-0.15, -0.1) is 0 Å². The van der Waals surface area contributed by atoms with Gasteiger partial charge in [-0.3, -0.25) is 10.1 Å². The van der Waals surface area contributed by atoms with Crippen molar-refractivity contribution in [2.24, 2.45) is 5.92 Å². The number of rotatable bonds is 3. The zero-order chi connectivity index (χ0) is 14.1. The third-order valence-electron chi connectivity index (χ3n) is 4.77. The lowest BCUT2D eigenvalue weighted by molar-refractivity contribution is -0.383. The normalized spacial score (nSPS) is 18.2. The summed E-state index contributed by atoms with van der Waals surface area (Å²) in [6, 6.07) is 5.34. The van der Waals surface area contributed by atoms with Crippen molar-refractivity contribution in [1.82, 2.24) is 4.98 Å². The van der Waals surface area contributed by atoms with Crippen LogP contribution in [0.5, 0.6) is 0 Å². The van der Waals surface area contributed by atoms with Crippen molar-refractivity contribution in [1.29, 1.82) is 0 Å². The molecule has 1 N–H and O–H groups in total. The van der Waals surface area contributed by atoms with Gasteiger partial charge in [0.2, 0.25) is 0 Å². The average Bonchev–Trinajstić information content (AvgIpc) is 2.91. The van der Waals surface area contributed by atoms with Gasteiger partial charge in [0.05, 0.1) is 4.92 Å². The highest BCUT2D eigenvalue weighted by molar-refractivity contribution is 5.90. The lowest BCUT2D eigenvalue weighted by atomic mass is 9.78. The molecule has 0 bridgehead atoms. The monoisotopic (exact) mass is 272 g/mol. The number of para-hydroxylation sites is 1. The minimum Gasteiger partial charge on any atom is -0.355 e. The molecule has 1 unspecified atom stereocenters. The lowest BCUT2D eigenvalue weighted by Gasteiger charge is -2.27. The molecule has 0 amide bonds. The Kier molecular flexibility index (Phi) is 3.47. The first-order valence-electron chi connectivity index (χ1n) is 7.43. The van der Waals surface area contributed by atoms with Crippen LogP contribution in [0.25, 0.3) is 10.9 Å². The first-order chi connectivity index (χ1) is 9.68. The van der Waals surface area contributed by atoms with Crippen molar-refractivity contribution >= 4 is 16.6 Å². The van der Waals surface area contributed by atoms with Gasteiger partial charge in [0, 0.05) is 17.6 Å². The summed E-state index contributed by atoms with van der Waals surface area (Å²) < 4.78 is 0. The van der Waals surface area contributed by atoms with E-state index < -0.39 is 0 Å². The van der Waals surface area contributed by atoms with Crippen LogP contribution >= 0.6 is 0 Å². The lowest BCUT2D eigenvalue weighted by Crippen LogP contribution is -2.13. The standard InChI is InChI=1S/C16H20N2O2/c1-11(12-6-3-2-4-7-12)14-10-17-16-13(14)8-5-9-15(16)18(19)20/h5,8-12,17H,2-4,6-7H2,1H3. The highest BCUT2D eigenvalue weighted by Crippen LogP contribution is 2.39. The number of aromatic amines is 1. The second-order valence-corrected chi connectivity index (χ2v) is 5.89. The Morgan fingerprint density at radius 2 is 2.05 bits per heavy atom. The van der Waals surface area contributed by atoms with E-state index in [-0.39, 0.29) is 10.6 Å². The van der Waals surface area contributed by atoms with Gasteiger partial charge in [0.25, 0.3) is 5.69 Å². The second kappa shape index (κ2) is 5.27. The number of benzene rings is 1. The first kappa shape index (κ1) is 13.2. The zero-order valence-corrected chi connectivity index (χ0v) is 11.8. The smallest absolute Gasteiger partial charge is 0.293 e. The molecule has 4 nitrogen and oxygen atoms in total. The van der Waals surface area contributed by atoms with Gasteiger partial charge in [0.15, 0.2) is 0 Å². The van der Waals surface area contributed by atoms with Gasteiger partial charge >= 0.3 is 0 Å². The Morgan fingerprint density at radius 1 is 1.30 bits per heavy atom. The van der Waals surface area contributed by atoms with E-state index in [4.69, 9.17) is 0 Å². The van der Waals surface area contributed by atoms with Gasteiger partial charge in [0.1, 0.15) is 5.52 Å². The zero-order valence-electron chi connectivity index (χ0n) is 11.8. The topological polar surface area (TPSA) is 58.9 Å². The molecule has 1 aromatic heterocycles. The van der Waals surface area contributed by atoms with Gasteiger partial charge < -0.3 is 4.98 Å². The largest absolute Gasteiger partial charge is 0.355 e. The fraction of sp³-hybridized carbons (Fsp3) is 0.500. The van der Waals surface area contributed by atoms with E-state index in [9.17, 15) is 10.1 Å². The molecule has 0 saturated heterocycles. The summed E-state index contributed by atoms with van der Waals surface area (Å²) in [4.78, 5) is 13.9. The molecule has 1 aliphatic carbocycles. The van der Waals surface area contributed by atoms with Crippen LogP contribution < -0.4 is 0 Å². The van der Waals surface area contributed by atoms with E-state index in [1.807, 2.05) is 12.3 Å². The minimum atomic E-state index is -0.312. The Morgan fingerprint density at radius 3 is 2.75 bits per heavy atom. The van der Waals surface area contributed by atoms with Crippen LogP contribution in [0.15, 0.2) is 24.4 Å². The third kappa shape index (κ3) is 2.19. The first-order valence-corrected chi connectivity index (χ1v) is 7.43. The maximum absolute atomic E-state index is 11.1. The number of non-ortho nitro benzene ring substituents is 1.